The molecule has 1 saturated heterocycles. The second-order valence-electron chi connectivity index (χ2n) is 19.0. The number of hydrogen-bond donors (Lipinski definition) is 3. The lowest BCUT2D eigenvalue weighted by Crippen LogP contribution is -2.40. The summed E-state index contributed by atoms with van der Waals surface area (Å²) in [6.07, 6.45) is -4.91. The van der Waals surface area contributed by atoms with Gasteiger partial charge in [-0.3, -0.25) is 0 Å². The zero-order chi connectivity index (χ0) is 54.6. The Bertz CT molecular complexity index is 3540. The molecule has 3 unspecified atom stereocenters. The largest absolute Gasteiger partial charge is 0.504 e. The Balaban J connectivity index is 0.806. The second-order valence-corrected chi connectivity index (χ2v) is 19.0. The molecule has 396 valence electrons. The molecule has 3 N–H and O–H groups in total. The van der Waals surface area contributed by atoms with Crippen molar-refractivity contribution in [2.24, 2.45) is 0 Å². The van der Waals surface area contributed by atoms with E-state index in [9.17, 15) is 29.7 Å². The fourth-order valence-electron chi connectivity index (χ4n) is 10.2. The lowest BCUT2D eigenvalue weighted by atomic mass is 9.97. The number of carbonyl (C=O) groups is 3. The van der Waals surface area contributed by atoms with Crippen molar-refractivity contribution in [1.82, 2.24) is 0 Å². The summed E-state index contributed by atoms with van der Waals surface area (Å²) >= 11 is 0. The molecular formula is C64H44O16. The highest BCUT2D eigenvalue weighted by molar-refractivity contribution is 5.93. The Morgan fingerprint density at radius 3 is 0.938 bits per heavy atom. The first-order valence-electron chi connectivity index (χ1n) is 25.3. The summed E-state index contributed by atoms with van der Waals surface area (Å²) in [5.41, 5.74) is 2.95. The fraction of sp³-hybridized carbons (Fsp3) is 0.109. The van der Waals surface area contributed by atoms with Crippen molar-refractivity contribution in [2.45, 2.75) is 35.9 Å². The third kappa shape index (κ3) is 8.42. The third-order valence-corrected chi connectivity index (χ3v) is 14.0. The van der Waals surface area contributed by atoms with E-state index >= 15 is 0 Å². The van der Waals surface area contributed by atoms with E-state index in [-0.39, 0.29) is 51.2 Å². The number of ether oxygens (including phenoxy) is 10. The highest BCUT2D eigenvalue weighted by Gasteiger charge is 2.51. The lowest BCUT2D eigenvalue weighted by molar-refractivity contribution is -0.125. The molecule has 13 rings (SSSR count). The smallest absolute Gasteiger partial charge is 0.340 e. The van der Waals surface area contributed by atoms with Crippen LogP contribution in [-0.2, 0) is 36.3 Å². The zero-order valence-corrected chi connectivity index (χ0v) is 41.9. The predicted octanol–water partition coefficient (Wildman–Crippen LogP) is 10.8. The number of hydrogen-bond acceptors (Lipinski definition) is 16. The van der Waals surface area contributed by atoms with Crippen molar-refractivity contribution in [3.8, 4) is 51.7 Å². The van der Waals surface area contributed by atoms with E-state index in [4.69, 9.17) is 47.4 Å². The fourth-order valence-corrected chi connectivity index (χ4v) is 10.2. The van der Waals surface area contributed by atoms with Crippen LogP contribution < -0.4 is 28.4 Å². The molecule has 80 heavy (non-hydrogen) atoms. The van der Waals surface area contributed by atoms with E-state index in [1.165, 1.54) is 18.2 Å². The van der Waals surface area contributed by atoms with Crippen LogP contribution in [0, 0.1) is 0 Å². The molecular weight excluding hydrogens is 1020 g/mol. The standard InChI is InChI=1S/C64H44O16/c65-47-31-38(34-50-54(47)78-62(75-50,41-19-7-1-8-20-41)42-21-9-2-10-22-42)58(68)72-53-37-71-61(74-60(70)40-33-49(67)56-52(36-40)77-64(80-56,45-27-15-5-16-28-45)46-29-17-6-18-30-46)57(53)73-59(69)39-32-48(66)55-51(35-39)76-63(79-55,43-23-11-3-12-24-43)44-25-13-4-14-26-44/h1-36,53,57,61,65-67H,37H2. The number of carbonyl (C=O) groups excluding carboxylic acids is 3. The predicted molar refractivity (Wildman–Crippen MR) is 283 cm³/mol. The van der Waals surface area contributed by atoms with Gasteiger partial charge in [-0.1, -0.05) is 182 Å². The Kier molecular flexibility index (Phi) is 12.0. The topological polar surface area (TPSA) is 204 Å². The monoisotopic (exact) mass is 1070 g/mol. The Hall–Kier alpha value is -10.5. The third-order valence-electron chi connectivity index (χ3n) is 14.0. The van der Waals surface area contributed by atoms with Gasteiger partial charge in [0.2, 0.25) is 29.6 Å². The van der Waals surface area contributed by atoms with Crippen LogP contribution in [0.5, 0.6) is 51.7 Å². The van der Waals surface area contributed by atoms with Gasteiger partial charge < -0.3 is 62.7 Å². The molecule has 16 heteroatoms. The maximum absolute atomic E-state index is 14.5. The molecule has 4 aliphatic heterocycles. The first-order valence-corrected chi connectivity index (χ1v) is 25.3. The first kappa shape index (κ1) is 49.1. The number of aromatic hydroxyl groups is 3. The van der Waals surface area contributed by atoms with Gasteiger partial charge in [-0.2, -0.15) is 0 Å². The maximum Gasteiger partial charge on any atom is 0.340 e. The van der Waals surface area contributed by atoms with Gasteiger partial charge >= 0.3 is 35.3 Å². The van der Waals surface area contributed by atoms with Gasteiger partial charge in [-0.15, -0.1) is 0 Å². The van der Waals surface area contributed by atoms with Gasteiger partial charge in [0.05, 0.1) is 23.3 Å². The van der Waals surface area contributed by atoms with E-state index in [1.807, 2.05) is 109 Å². The van der Waals surface area contributed by atoms with Crippen LogP contribution >= 0.6 is 0 Å². The Labute approximate surface area is 456 Å². The molecule has 3 atom stereocenters. The maximum atomic E-state index is 14.5. The van der Waals surface area contributed by atoms with E-state index in [0.29, 0.717) is 33.4 Å². The highest BCUT2D eigenvalue weighted by Crippen LogP contribution is 2.55. The van der Waals surface area contributed by atoms with Gasteiger partial charge in [0, 0.05) is 33.4 Å². The van der Waals surface area contributed by atoms with Gasteiger partial charge in [0.15, 0.2) is 40.6 Å². The van der Waals surface area contributed by atoms with Crippen LogP contribution in [0.2, 0.25) is 0 Å². The molecule has 0 bridgehead atoms. The quantitative estimate of drug-likeness (QED) is 0.0769. The van der Waals surface area contributed by atoms with E-state index < -0.39 is 77.6 Å². The minimum absolute atomic E-state index is 0.00406. The molecule has 0 spiro atoms. The number of phenols is 3. The number of esters is 3. The summed E-state index contributed by atoms with van der Waals surface area (Å²) in [5, 5.41) is 34.3. The minimum Gasteiger partial charge on any atom is -0.504 e. The van der Waals surface area contributed by atoms with Gasteiger partial charge in [0.1, 0.15) is 0 Å². The normalized spacial score (nSPS) is 18.2. The molecule has 0 aromatic heterocycles. The second kappa shape index (κ2) is 19.5. The molecule has 0 aliphatic carbocycles. The highest BCUT2D eigenvalue weighted by atomic mass is 16.8. The van der Waals surface area contributed by atoms with Gasteiger partial charge in [-0.05, 0) is 36.4 Å². The molecule has 0 amide bonds. The van der Waals surface area contributed by atoms with Crippen LogP contribution in [0.1, 0.15) is 64.5 Å². The van der Waals surface area contributed by atoms with E-state index in [1.54, 1.807) is 72.8 Å². The van der Waals surface area contributed by atoms with Gasteiger partial charge in [0.25, 0.3) is 0 Å². The van der Waals surface area contributed by atoms with Crippen LogP contribution in [0.25, 0.3) is 0 Å². The number of phenolic OH excluding ortho intramolecular Hbond substituents is 3. The Morgan fingerprint density at radius 1 is 0.362 bits per heavy atom. The number of fused-ring (bicyclic) bond motifs is 3. The molecule has 1 fully saturated rings. The van der Waals surface area contributed by atoms with Crippen LogP contribution in [0.3, 0.4) is 0 Å². The first-order chi connectivity index (χ1) is 39.0. The molecule has 0 radical (unpaired) electrons. The average Bonchev–Trinajstić information content (AvgIpc) is 4.33. The summed E-state index contributed by atoms with van der Waals surface area (Å²) in [6.45, 7) is -0.477. The van der Waals surface area contributed by atoms with Crippen LogP contribution in [0.15, 0.2) is 218 Å². The van der Waals surface area contributed by atoms with E-state index in [2.05, 4.69) is 0 Å². The number of benzene rings is 9. The zero-order valence-electron chi connectivity index (χ0n) is 41.9. The van der Waals surface area contributed by atoms with Crippen molar-refractivity contribution >= 4 is 17.9 Å². The summed E-state index contributed by atoms with van der Waals surface area (Å²) < 4.78 is 62.7. The number of rotatable bonds is 12. The molecule has 0 saturated carbocycles. The summed E-state index contributed by atoms with van der Waals surface area (Å²) in [6, 6.07) is 61.8. The van der Waals surface area contributed by atoms with Crippen molar-refractivity contribution < 1.29 is 77.1 Å². The van der Waals surface area contributed by atoms with Crippen LogP contribution in [-0.4, -0.2) is 58.3 Å². The van der Waals surface area contributed by atoms with Gasteiger partial charge in [-0.25, -0.2) is 14.4 Å². The minimum atomic E-state index is -1.75. The molecule has 4 heterocycles. The molecule has 4 aliphatic rings. The lowest BCUT2D eigenvalue weighted by Gasteiger charge is -2.28. The van der Waals surface area contributed by atoms with Crippen molar-refractivity contribution in [2.75, 3.05) is 6.61 Å². The Morgan fingerprint density at radius 2 is 0.637 bits per heavy atom. The average molecular weight is 1070 g/mol. The SMILES string of the molecule is O=C(OC1COC(OC(=O)c2cc(O)c3c(c2)OC(c2ccccc2)(c2ccccc2)O3)C1OC(=O)c1cc(O)c2c(c1)OC(c1ccccc1)(c1ccccc1)O2)c1cc(O)c2c(c1)OC(c1ccccc1)(c1ccccc1)O2. The summed E-state index contributed by atoms with van der Waals surface area (Å²) in [5.74, 6) is -9.29. The van der Waals surface area contributed by atoms with Crippen molar-refractivity contribution in [3.63, 3.8) is 0 Å². The molecule has 16 nitrogen and oxygen atoms in total. The van der Waals surface area contributed by atoms with Crippen molar-refractivity contribution in [1.29, 1.82) is 0 Å². The molecule has 9 aromatic carbocycles. The molecule has 9 aromatic rings. The van der Waals surface area contributed by atoms with Crippen LogP contribution in [0.4, 0.5) is 0 Å². The van der Waals surface area contributed by atoms with Crippen molar-refractivity contribution in [3.05, 3.63) is 268 Å². The summed E-state index contributed by atoms with van der Waals surface area (Å²) in [7, 11) is 0. The summed E-state index contributed by atoms with van der Waals surface area (Å²) in [4.78, 5) is 43.1. The van der Waals surface area contributed by atoms with E-state index in [0.717, 1.165) is 18.2 Å².